The number of nitrogens with zero attached hydrogens (tertiary/aromatic N) is 3. The molecule has 3 heterocycles. The Hall–Kier alpha value is -4.12. The van der Waals surface area contributed by atoms with E-state index in [-0.39, 0.29) is 16.5 Å². The zero-order chi connectivity index (χ0) is 26.8. The largest absolute Gasteiger partial charge is 0.507 e. The van der Waals surface area contributed by atoms with E-state index in [1.807, 2.05) is 13.8 Å². The van der Waals surface area contributed by atoms with Gasteiger partial charge in [-0.05, 0) is 56.2 Å². The summed E-state index contributed by atoms with van der Waals surface area (Å²) in [5.74, 6) is 0.0252. The first kappa shape index (κ1) is 25.5. The van der Waals surface area contributed by atoms with Crippen molar-refractivity contribution in [2.75, 3.05) is 31.3 Å². The minimum absolute atomic E-state index is 0.0794. The van der Waals surface area contributed by atoms with Crippen LogP contribution < -0.4 is 23.8 Å². The third kappa shape index (κ3) is 4.65. The summed E-state index contributed by atoms with van der Waals surface area (Å²) in [6, 6.07) is 9.12. The molecule has 2 aliphatic rings. The number of amides is 1. The maximum absolute atomic E-state index is 13.4. The molecule has 0 saturated carbocycles. The number of benzene rings is 2. The lowest BCUT2D eigenvalue weighted by molar-refractivity contribution is -0.132. The highest BCUT2D eigenvalue weighted by molar-refractivity contribution is 7.15. The molecule has 0 bridgehead atoms. The Morgan fingerprint density at radius 3 is 2.55 bits per heavy atom. The number of aliphatic hydroxyl groups is 1. The number of aryl methyl sites for hydroxylation is 1. The Morgan fingerprint density at radius 2 is 1.84 bits per heavy atom. The lowest BCUT2D eigenvalue weighted by Crippen LogP contribution is -2.29. The summed E-state index contributed by atoms with van der Waals surface area (Å²) in [5.41, 5.74) is 0.784. The number of anilines is 1. The molecule has 1 amide bonds. The number of aromatic nitrogens is 2. The van der Waals surface area contributed by atoms with Crippen molar-refractivity contribution in [3.63, 3.8) is 0 Å². The standard InChI is InChI=1S/C27H27N3O7S/c1-4-10-35-18-8-6-16(13-20(18)34-5-2)23-22(25(32)26(33)30(23)27-29-28-15(3)38-27)24(31)17-7-9-19-21(14-17)37-12-11-36-19/h6-9,13-14,23,31H,4-5,10-12H2,1-3H3. The fourth-order valence-electron chi connectivity index (χ4n) is 4.37. The van der Waals surface area contributed by atoms with Crippen molar-refractivity contribution < 1.29 is 33.6 Å². The smallest absolute Gasteiger partial charge is 0.301 e. The highest BCUT2D eigenvalue weighted by Gasteiger charge is 2.48. The Kier molecular flexibility index (Phi) is 7.19. The molecular weight excluding hydrogens is 510 g/mol. The minimum Gasteiger partial charge on any atom is -0.507 e. The average molecular weight is 538 g/mol. The van der Waals surface area contributed by atoms with Gasteiger partial charge in [-0.25, -0.2) is 0 Å². The van der Waals surface area contributed by atoms with Gasteiger partial charge in [0.15, 0.2) is 23.0 Å². The molecular formula is C27H27N3O7S. The average Bonchev–Trinajstić information content (AvgIpc) is 3.47. The number of Topliss-reactive ketones (excluding diaryl/α,β-unsaturated/α-hetero) is 1. The molecule has 11 heteroatoms. The van der Waals surface area contributed by atoms with Gasteiger partial charge in [-0.15, -0.1) is 10.2 Å². The SMILES string of the molecule is CCCOc1ccc(C2C(=C(O)c3ccc4c(c3)OCCO4)C(=O)C(=O)N2c2nnc(C)s2)cc1OCC. The number of rotatable bonds is 8. The normalized spacial score (nSPS) is 18.1. The topological polar surface area (TPSA) is 120 Å². The van der Waals surface area contributed by atoms with Crippen molar-refractivity contribution >= 4 is 33.9 Å². The molecule has 1 saturated heterocycles. The fraction of sp³-hybridized carbons (Fsp3) is 0.333. The Labute approximate surface area is 223 Å². The van der Waals surface area contributed by atoms with E-state index < -0.39 is 17.7 Å². The highest BCUT2D eigenvalue weighted by Crippen LogP contribution is 2.45. The summed E-state index contributed by atoms with van der Waals surface area (Å²) >= 11 is 1.18. The molecule has 198 valence electrons. The Bertz CT molecular complexity index is 1420. The second-order valence-electron chi connectivity index (χ2n) is 8.62. The molecule has 1 fully saturated rings. The van der Waals surface area contributed by atoms with Crippen LogP contribution in [0.2, 0.25) is 0 Å². The van der Waals surface area contributed by atoms with Crippen molar-refractivity contribution in [1.29, 1.82) is 0 Å². The van der Waals surface area contributed by atoms with E-state index >= 15 is 0 Å². The zero-order valence-electron chi connectivity index (χ0n) is 21.2. The summed E-state index contributed by atoms with van der Waals surface area (Å²) in [5, 5.41) is 20.5. The Morgan fingerprint density at radius 1 is 1.05 bits per heavy atom. The van der Waals surface area contributed by atoms with Crippen LogP contribution in [0.15, 0.2) is 42.0 Å². The second-order valence-corrected chi connectivity index (χ2v) is 9.78. The van der Waals surface area contributed by atoms with Gasteiger partial charge in [-0.3, -0.25) is 14.5 Å². The number of ketones is 1. The van der Waals surface area contributed by atoms with Crippen molar-refractivity contribution in [2.24, 2.45) is 0 Å². The molecule has 2 aromatic carbocycles. The number of carbonyl (C=O) groups excluding carboxylic acids is 2. The van der Waals surface area contributed by atoms with Crippen molar-refractivity contribution in [2.45, 2.75) is 33.2 Å². The van der Waals surface area contributed by atoms with E-state index in [1.165, 1.54) is 16.2 Å². The van der Waals surface area contributed by atoms with Crippen molar-refractivity contribution in [3.05, 3.63) is 58.1 Å². The van der Waals surface area contributed by atoms with E-state index in [9.17, 15) is 14.7 Å². The summed E-state index contributed by atoms with van der Waals surface area (Å²) in [6.07, 6.45) is 0.819. The van der Waals surface area contributed by atoms with Crippen LogP contribution in [0, 0.1) is 6.92 Å². The van der Waals surface area contributed by atoms with Gasteiger partial charge in [-0.2, -0.15) is 0 Å². The number of hydrogen-bond donors (Lipinski definition) is 1. The van der Waals surface area contributed by atoms with Crippen LogP contribution in [0.25, 0.3) is 5.76 Å². The van der Waals surface area contributed by atoms with E-state index in [0.29, 0.717) is 65.6 Å². The lowest BCUT2D eigenvalue weighted by Gasteiger charge is -2.24. The first-order valence-electron chi connectivity index (χ1n) is 12.3. The minimum atomic E-state index is -0.977. The van der Waals surface area contributed by atoms with Gasteiger partial charge in [0.2, 0.25) is 5.13 Å². The molecule has 2 aliphatic heterocycles. The highest BCUT2D eigenvalue weighted by atomic mass is 32.1. The first-order valence-corrected chi connectivity index (χ1v) is 13.1. The van der Waals surface area contributed by atoms with Crippen LogP contribution in [0.4, 0.5) is 5.13 Å². The second kappa shape index (κ2) is 10.7. The van der Waals surface area contributed by atoms with Crippen LogP contribution in [-0.4, -0.2) is 53.4 Å². The van der Waals surface area contributed by atoms with Gasteiger partial charge in [-0.1, -0.05) is 24.3 Å². The lowest BCUT2D eigenvalue weighted by atomic mass is 9.95. The molecule has 5 rings (SSSR count). The first-order chi connectivity index (χ1) is 18.4. The summed E-state index contributed by atoms with van der Waals surface area (Å²) in [6.45, 7) is 7.30. The Balaban J connectivity index is 1.67. The molecule has 38 heavy (non-hydrogen) atoms. The van der Waals surface area contributed by atoms with Crippen LogP contribution in [0.5, 0.6) is 23.0 Å². The van der Waals surface area contributed by atoms with E-state index in [4.69, 9.17) is 18.9 Å². The molecule has 0 spiro atoms. The van der Waals surface area contributed by atoms with Gasteiger partial charge in [0, 0.05) is 5.56 Å². The van der Waals surface area contributed by atoms with Crippen LogP contribution in [0.3, 0.4) is 0 Å². The van der Waals surface area contributed by atoms with Gasteiger partial charge in [0.05, 0.1) is 24.8 Å². The number of hydrogen-bond acceptors (Lipinski definition) is 10. The zero-order valence-corrected chi connectivity index (χ0v) is 22.0. The number of ether oxygens (including phenoxy) is 4. The van der Waals surface area contributed by atoms with Crippen molar-refractivity contribution in [1.82, 2.24) is 10.2 Å². The third-order valence-corrected chi connectivity index (χ3v) is 6.86. The molecule has 1 unspecified atom stereocenters. The molecule has 3 aromatic rings. The molecule has 1 aromatic heterocycles. The molecule has 10 nitrogen and oxygen atoms in total. The van der Waals surface area contributed by atoms with Gasteiger partial charge >= 0.3 is 5.91 Å². The van der Waals surface area contributed by atoms with Gasteiger partial charge in [0.25, 0.3) is 5.78 Å². The molecule has 1 atom stereocenters. The van der Waals surface area contributed by atoms with E-state index in [2.05, 4.69) is 10.2 Å². The molecule has 0 radical (unpaired) electrons. The van der Waals surface area contributed by atoms with Crippen LogP contribution in [0.1, 0.15) is 42.4 Å². The maximum atomic E-state index is 13.4. The molecule has 1 N–H and O–H groups in total. The van der Waals surface area contributed by atoms with Crippen molar-refractivity contribution in [3.8, 4) is 23.0 Å². The summed E-state index contributed by atoms with van der Waals surface area (Å²) in [7, 11) is 0. The van der Waals surface area contributed by atoms with Gasteiger partial charge < -0.3 is 24.1 Å². The predicted octanol–water partition coefficient (Wildman–Crippen LogP) is 4.43. The molecule has 0 aliphatic carbocycles. The number of aliphatic hydroxyl groups excluding tert-OH is 1. The summed E-state index contributed by atoms with van der Waals surface area (Å²) in [4.78, 5) is 28.1. The van der Waals surface area contributed by atoms with E-state index in [0.717, 1.165) is 6.42 Å². The number of carbonyl (C=O) groups is 2. The van der Waals surface area contributed by atoms with Gasteiger partial charge in [0.1, 0.15) is 24.0 Å². The van der Waals surface area contributed by atoms with Crippen LogP contribution in [-0.2, 0) is 9.59 Å². The quantitative estimate of drug-likeness (QED) is 0.253. The maximum Gasteiger partial charge on any atom is 0.301 e. The summed E-state index contributed by atoms with van der Waals surface area (Å²) < 4.78 is 22.9. The van der Waals surface area contributed by atoms with Crippen LogP contribution >= 0.6 is 11.3 Å². The monoisotopic (exact) mass is 537 g/mol. The third-order valence-electron chi connectivity index (χ3n) is 6.03. The fourth-order valence-corrected chi connectivity index (χ4v) is 5.08. The van der Waals surface area contributed by atoms with E-state index in [1.54, 1.807) is 43.3 Å². The predicted molar refractivity (Wildman–Crippen MR) is 140 cm³/mol. The number of fused-ring (bicyclic) bond motifs is 1.